The summed E-state index contributed by atoms with van der Waals surface area (Å²) in [7, 11) is 2.05. The largest absolute Gasteiger partial charge is 0.326 e. The first-order valence-electron chi connectivity index (χ1n) is 8.82. The van der Waals surface area contributed by atoms with Crippen LogP contribution in [0.25, 0.3) is 0 Å². The van der Waals surface area contributed by atoms with Gasteiger partial charge in [-0.3, -0.25) is 9.78 Å². The maximum absolute atomic E-state index is 12.1. The van der Waals surface area contributed by atoms with Crippen molar-refractivity contribution in [3.8, 4) is 0 Å². The lowest BCUT2D eigenvalue weighted by Gasteiger charge is -2.19. The van der Waals surface area contributed by atoms with Gasteiger partial charge in [0.05, 0.1) is 0 Å². The number of carbonyl (C=O) groups is 1. The third-order valence-electron chi connectivity index (χ3n) is 4.29. The maximum Gasteiger partial charge on any atom is 0.225 e. The number of pyridine rings is 1. The van der Waals surface area contributed by atoms with Crippen LogP contribution in [0.15, 0.2) is 48.8 Å². The molecule has 134 valence electrons. The number of aromatic nitrogens is 1. The molecular weight excluding hydrogens is 310 g/mol. The zero-order valence-corrected chi connectivity index (χ0v) is 15.7. The molecular formula is C21H29N3O. The molecule has 1 aromatic heterocycles. The molecule has 0 bridgehead atoms. The number of anilines is 1. The van der Waals surface area contributed by atoms with Crippen LogP contribution in [-0.4, -0.2) is 35.9 Å². The van der Waals surface area contributed by atoms with E-state index in [9.17, 15) is 4.79 Å². The number of benzene rings is 1. The molecule has 2 rings (SSSR count). The second kappa shape index (κ2) is 8.77. The molecule has 2 aromatic rings. The van der Waals surface area contributed by atoms with E-state index >= 15 is 0 Å². The Morgan fingerprint density at radius 1 is 1.04 bits per heavy atom. The van der Waals surface area contributed by atoms with Crippen molar-refractivity contribution in [3.05, 3.63) is 59.9 Å². The molecule has 0 spiro atoms. The summed E-state index contributed by atoms with van der Waals surface area (Å²) in [5.74, 6) is 0.0549. The maximum atomic E-state index is 12.1. The molecule has 0 radical (unpaired) electrons. The predicted octanol–water partition coefficient (Wildman–Crippen LogP) is 3.88. The highest BCUT2D eigenvalue weighted by Crippen LogP contribution is 2.23. The van der Waals surface area contributed by atoms with E-state index in [4.69, 9.17) is 0 Å². The van der Waals surface area contributed by atoms with Crippen LogP contribution in [0.3, 0.4) is 0 Å². The van der Waals surface area contributed by atoms with Gasteiger partial charge in [-0.2, -0.15) is 0 Å². The number of amides is 1. The smallest absolute Gasteiger partial charge is 0.225 e. The van der Waals surface area contributed by atoms with Crippen molar-refractivity contribution in [2.75, 3.05) is 25.5 Å². The second-order valence-corrected chi connectivity index (χ2v) is 7.53. The van der Waals surface area contributed by atoms with Crippen molar-refractivity contribution >= 4 is 11.6 Å². The van der Waals surface area contributed by atoms with Crippen LogP contribution >= 0.6 is 0 Å². The minimum atomic E-state index is 0.0549. The standard InChI is InChI=1S/C21H29N3O/c1-21(2,3)18-5-7-19(8-6-18)23-20(25)12-16-24(4)15-11-17-9-13-22-14-10-17/h5-10,13-14H,11-12,15-16H2,1-4H3,(H,23,25). The van der Waals surface area contributed by atoms with Gasteiger partial charge in [0.25, 0.3) is 0 Å². The SMILES string of the molecule is CN(CCC(=O)Nc1ccc(C(C)(C)C)cc1)CCc1ccncc1. The highest BCUT2D eigenvalue weighted by atomic mass is 16.1. The lowest BCUT2D eigenvalue weighted by molar-refractivity contribution is -0.116. The molecule has 1 heterocycles. The van der Waals surface area contributed by atoms with Gasteiger partial charge in [0.15, 0.2) is 0 Å². The highest BCUT2D eigenvalue weighted by Gasteiger charge is 2.13. The molecule has 0 aliphatic carbocycles. The zero-order chi connectivity index (χ0) is 18.3. The van der Waals surface area contributed by atoms with Crippen molar-refractivity contribution < 1.29 is 4.79 Å². The summed E-state index contributed by atoms with van der Waals surface area (Å²) in [6.45, 7) is 8.22. The molecule has 0 aliphatic heterocycles. The summed E-state index contributed by atoms with van der Waals surface area (Å²) in [4.78, 5) is 18.3. The lowest BCUT2D eigenvalue weighted by atomic mass is 9.87. The van der Waals surface area contributed by atoms with Gasteiger partial charge < -0.3 is 10.2 Å². The molecule has 0 saturated heterocycles. The predicted molar refractivity (Wildman–Crippen MR) is 104 cm³/mol. The second-order valence-electron chi connectivity index (χ2n) is 7.53. The fourth-order valence-electron chi connectivity index (χ4n) is 2.55. The monoisotopic (exact) mass is 339 g/mol. The fraction of sp³-hybridized carbons (Fsp3) is 0.429. The Hall–Kier alpha value is -2.20. The summed E-state index contributed by atoms with van der Waals surface area (Å²) >= 11 is 0. The third-order valence-corrected chi connectivity index (χ3v) is 4.29. The highest BCUT2D eigenvalue weighted by molar-refractivity contribution is 5.90. The number of hydrogen-bond donors (Lipinski definition) is 1. The molecule has 4 heteroatoms. The molecule has 0 atom stereocenters. The molecule has 1 amide bonds. The van der Waals surface area contributed by atoms with Gasteiger partial charge in [0.1, 0.15) is 0 Å². The quantitative estimate of drug-likeness (QED) is 0.832. The van der Waals surface area contributed by atoms with Crippen LogP contribution in [0.2, 0.25) is 0 Å². The normalized spacial score (nSPS) is 11.6. The number of nitrogens with one attached hydrogen (secondary N) is 1. The van der Waals surface area contributed by atoms with Crippen LogP contribution in [0, 0.1) is 0 Å². The van der Waals surface area contributed by atoms with Crippen LogP contribution in [0.4, 0.5) is 5.69 Å². The van der Waals surface area contributed by atoms with E-state index in [1.807, 2.05) is 43.7 Å². The molecule has 0 saturated carbocycles. The Balaban J connectivity index is 1.73. The fourth-order valence-corrected chi connectivity index (χ4v) is 2.55. The summed E-state index contributed by atoms with van der Waals surface area (Å²) in [6, 6.07) is 12.2. The molecule has 0 fully saturated rings. The Morgan fingerprint density at radius 2 is 1.68 bits per heavy atom. The van der Waals surface area contributed by atoms with Crippen LogP contribution in [-0.2, 0) is 16.6 Å². The zero-order valence-electron chi connectivity index (χ0n) is 15.7. The van der Waals surface area contributed by atoms with Gasteiger partial charge in [-0.15, -0.1) is 0 Å². The number of carbonyl (C=O) groups excluding carboxylic acids is 1. The van der Waals surface area contributed by atoms with Crippen LogP contribution in [0.1, 0.15) is 38.3 Å². The average molecular weight is 339 g/mol. The number of nitrogens with zero attached hydrogens (tertiary/aromatic N) is 2. The van der Waals surface area contributed by atoms with Gasteiger partial charge in [-0.25, -0.2) is 0 Å². The Labute approximate surface area is 151 Å². The van der Waals surface area contributed by atoms with Crippen molar-refractivity contribution in [2.24, 2.45) is 0 Å². The summed E-state index contributed by atoms with van der Waals surface area (Å²) in [5.41, 5.74) is 3.52. The molecule has 1 aromatic carbocycles. The van der Waals surface area contributed by atoms with Gasteiger partial charge in [-0.1, -0.05) is 32.9 Å². The third kappa shape index (κ3) is 6.67. The van der Waals surface area contributed by atoms with E-state index < -0.39 is 0 Å². The first-order valence-corrected chi connectivity index (χ1v) is 8.82. The van der Waals surface area contributed by atoms with Crippen LogP contribution in [0.5, 0.6) is 0 Å². The van der Waals surface area contributed by atoms with E-state index in [0.717, 1.165) is 25.2 Å². The van der Waals surface area contributed by atoms with Gasteiger partial charge in [-0.05, 0) is 54.3 Å². The van der Waals surface area contributed by atoms with E-state index in [-0.39, 0.29) is 11.3 Å². The van der Waals surface area contributed by atoms with E-state index in [1.165, 1.54) is 11.1 Å². The Bertz CT molecular complexity index is 660. The number of rotatable bonds is 7. The summed E-state index contributed by atoms with van der Waals surface area (Å²) in [6.07, 6.45) is 5.09. The van der Waals surface area contributed by atoms with Crippen molar-refractivity contribution in [1.82, 2.24) is 9.88 Å². The lowest BCUT2D eigenvalue weighted by Crippen LogP contribution is -2.26. The van der Waals surface area contributed by atoms with Gasteiger partial charge >= 0.3 is 0 Å². The van der Waals surface area contributed by atoms with E-state index in [1.54, 1.807) is 0 Å². The Kier molecular flexibility index (Phi) is 6.71. The first-order chi connectivity index (χ1) is 11.8. The van der Waals surface area contributed by atoms with Gasteiger partial charge in [0.2, 0.25) is 5.91 Å². The van der Waals surface area contributed by atoms with Crippen molar-refractivity contribution in [1.29, 1.82) is 0 Å². The van der Waals surface area contributed by atoms with Crippen molar-refractivity contribution in [3.63, 3.8) is 0 Å². The topological polar surface area (TPSA) is 45.2 Å². The first kappa shape index (κ1) is 19.1. The van der Waals surface area contributed by atoms with E-state index in [2.05, 4.69) is 48.1 Å². The molecule has 0 aliphatic rings. The molecule has 0 unspecified atom stereocenters. The molecule has 1 N–H and O–H groups in total. The van der Waals surface area contributed by atoms with E-state index in [0.29, 0.717) is 6.42 Å². The molecule has 25 heavy (non-hydrogen) atoms. The summed E-state index contributed by atoms with van der Waals surface area (Å²) in [5, 5.41) is 2.98. The average Bonchev–Trinajstić information content (AvgIpc) is 2.59. The minimum Gasteiger partial charge on any atom is -0.326 e. The Morgan fingerprint density at radius 3 is 2.28 bits per heavy atom. The van der Waals surface area contributed by atoms with Crippen LogP contribution < -0.4 is 5.32 Å². The van der Waals surface area contributed by atoms with Gasteiger partial charge in [0, 0.05) is 37.6 Å². The number of likely N-dealkylation sites (N-methyl/N-ethyl adjacent to an activating group) is 1. The molecule has 4 nitrogen and oxygen atoms in total. The summed E-state index contributed by atoms with van der Waals surface area (Å²) < 4.78 is 0. The number of hydrogen-bond acceptors (Lipinski definition) is 3. The van der Waals surface area contributed by atoms with Crippen molar-refractivity contribution in [2.45, 2.75) is 39.0 Å². The minimum absolute atomic E-state index is 0.0549.